The van der Waals surface area contributed by atoms with Gasteiger partial charge in [0.05, 0.1) is 22.7 Å². The van der Waals surface area contributed by atoms with Crippen LogP contribution in [0.4, 0.5) is 5.13 Å². The van der Waals surface area contributed by atoms with Crippen molar-refractivity contribution in [2.45, 2.75) is 0 Å². The van der Waals surface area contributed by atoms with Crippen molar-refractivity contribution >= 4 is 38.5 Å². The van der Waals surface area contributed by atoms with Gasteiger partial charge in [0.15, 0.2) is 5.13 Å². The number of rotatable bonds is 2. The summed E-state index contributed by atoms with van der Waals surface area (Å²) < 4.78 is 1.17. The van der Waals surface area contributed by atoms with E-state index in [9.17, 15) is 9.59 Å². The van der Waals surface area contributed by atoms with Gasteiger partial charge in [0.25, 0.3) is 0 Å². The summed E-state index contributed by atoms with van der Waals surface area (Å²) >= 11 is 1.66. The summed E-state index contributed by atoms with van der Waals surface area (Å²) in [5.74, 6) is 0.00655. The van der Waals surface area contributed by atoms with E-state index in [1.807, 2.05) is 18.2 Å². The van der Waals surface area contributed by atoms with Gasteiger partial charge < -0.3 is 15.1 Å². The Bertz CT molecular complexity index is 705. The highest BCUT2D eigenvalue weighted by molar-refractivity contribution is 7.22. The molecule has 6 nitrogen and oxygen atoms in total. The van der Waals surface area contributed by atoms with E-state index in [2.05, 4.69) is 21.3 Å². The van der Waals surface area contributed by atoms with E-state index < -0.39 is 0 Å². The lowest BCUT2D eigenvalue weighted by molar-refractivity contribution is -0.142. The Morgan fingerprint density at radius 1 is 1.32 bits per heavy atom. The molecule has 2 saturated heterocycles. The number of fused-ring (bicyclic) bond motifs is 1. The molecule has 0 atom stereocenters. The maximum absolute atomic E-state index is 12.4. The van der Waals surface area contributed by atoms with E-state index in [1.165, 1.54) is 4.70 Å². The van der Waals surface area contributed by atoms with Crippen LogP contribution in [0.1, 0.15) is 0 Å². The van der Waals surface area contributed by atoms with E-state index in [0.717, 1.165) is 10.6 Å². The number of anilines is 1. The number of para-hydroxylation sites is 1. The molecular formula is C15H16N4O2S. The van der Waals surface area contributed by atoms with Crippen LogP contribution in [0.15, 0.2) is 24.3 Å². The first-order valence-corrected chi connectivity index (χ1v) is 8.18. The van der Waals surface area contributed by atoms with Gasteiger partial charge in [0.1, 0.15) is 0 Å². The smallest absolute Gasteiger partial charge is 0.239 e. The first kappa shape index (κ1) is 13.5. The van der Waals surface area contributed by atoms with Crippen LogP contribution < -0.4 is 10.2 Å². The molecule has 0 bridgehead atoms. The molecule has 0 spiro atoms. The quantitative estimate of drug-likeness (QED) is 0.885. The van der Waals surface area contributed by atoms with E-state index in [4.69, 9.17) is 0 Å². The number of nitrogens with one attached hydrogen (secondary N) is 1. The van der Waals surface area contributed by atoms with Gasteiger partial charge in [0, 0.05) is 26.2 Å². The van der Waals surface area contributed by atoms with Crippen LogP contribution in [-0.2, 0) is 9.59 Å². The fraction of sp³-hybridized carbons (Fsp3) is 0.400. The summed E-state index contributed by atoms with van der Waals surface area (Å²) in [4.78, 5) is 32.2. The molecule has 0 radical (unpaired) electrons. The lowest BCUT2D eigenvalue weighted by atomic mass is 9.99. The molecule has 2 aliphatic heterocycles. The molecule has 3 heterocycles. The van der Waals surface area contributed by atoms with Gasteiger partial charge in [-0.25, -0.2) is 4.98 Å². The first-order valence-electron chi connectivity index (χ1n) is 7.37. The second-order valence-corrected chi connectivity index (χ2v) is 6.68. The van der Waals surface area contributed by atoms with Gasteiger partial charge in [-0.05, 0) is 12.1 Å². The van der Waals surface area contributed by atoms with Crippen molar-refractivity contribution in [3.63, 3.8) is 0 Å². The van der Waals surface area contributed by atoms with Crippen molar-refractivity contribution in [1.29, 1.82) is 0 Å². The van der Waals surface area contributed by atoms with Crippen molar-refractivity contribution in [3.05, 3.63) is 24.3 Å². The third kappa shape index (κ3) is 2.31. The Kier molecular flexibility index (Phi) is 3.22. The number of piperazine rings is 1. The second-order valence-electron chi connectivity index (χ2n) is 5.68. The zero-order chi connectivity index (χ0) is 15.1. The molecule has 0 unspecified atom stereocenters. The molecule has 2 fully saturated rings. The van der Waals surface area contributed by atoms with Crippen molar-refractivity contribution in [2.75, 3.05) is 37.6 Å². The standard InChI is InChI=1S/C15H16N4O2S/c20-13-9-18(6-5-16-13)14(21)10-7-19(8-10)15-17-11-3-1-2-4-12(11)22-15/h1-4,10H,5-9H2,(H,16,20). The molecule has 114 valence electrons. The van der Waals surface area contributed by atoms with Crippen molar-refractivity contribution in [2.24, 2.45) is 5.92 Å². The van der Waals surface area contributed by atoms with E-state index in [0.29, 0.717) is 26.2 Å². The van der Waals surface area contributed by atoms with Gasteiger partial charge in [-0.2, -0.15) is 0 Å². The molecule has 4 rings (SSSR count). The highest BCUT2D eigenvalue weighted by Gasteiger charge is 2.37. The molecular weight excluding hydrogens is 300 g/mol. The minimum atomic E-state index is -0.0676. The van der Waals surface area contributed by atoms with Gasteiger partial charge in [-0.15, -0.1) is 0 Å². The Balaban J connectivity index is 1.41. The molecule has 0 aliphatic carbocycles. The second kappa shape index (κ2) is 5.24. The Hall–Kier alpha value is -2.15. The van der Waals surface area contributed by atoms with E-state index >= 15 is 0 Å². The highest BCUT2D eigenvalue weighted by atomic mass is 32.1. The zero-order valence-corrected chi connectivity index (χ0v) is 12.8. The number of nitrogens with zero attached hydrogens (tertiary/aromatic N) is 3. The zero-order valence-electron chi connectivity index (χ0n) is 12.0. The average Bonchev–Trinajstić information content (AvgIpc) is 2.89. The molecule has 1 N–H and O–H groups in total. The fourth-order valence-electron chi connectivity index (χ4n) is 2.87. The number of aromatic nitrogens is 1. The van der Waals surface area contributed by atoms with Crippen LogP contribution in [0.5, 0.6) is 0 Å². The van der Waals surface area contributed by atoms with Crippen LogP contribution in [0.3, 0.4) is 0 Å². The van der Waals surface area contributed by atoms with Crippen LogP contribution in [0.2, 0.25) is 0 Å². The molecule has 22 heavy (non-hydrogen) atoms. The van der Waals surface area contributed by atoms with Gasteiger partial charge >= 0.3 is 0 Å². The third-order valence-corrected chi connectivity index (χ3v) is 5.23. The Morgan fingerprint density at radius 3 is 2.91 bits per heavy atom. The SMILES string of the molecule is O=C1CN(C(=O)C2CN(c3nc4ccccc4s3)C2)CCN1. The van der Waals surface area contributed by atoms with Crippen LogP contribution in [0.25, 0.3) is 10.2 Å². The number of amides is 2. The van der Waals surface area contributed by atoms with E-state index in [1.54, 1.807) is 16.2 Å². The summed E-state index contributed by atoms with van der Waals surface area (Å²) in [5.41, 5.74) is 1.00. The summed E-state index contributed by atoms with van der Waals surface area (Å²) in [6, 6.07) is 8.05. The molecule has 1 aromatic carbocycles. The maximum atomic E-state index is 12.4. The third-order valence-electron chi connectivity index (χ3n) is 4.13. The number of thiazole rings is 1. The molecule has 1 aromatic heterocycles. The predicted molar refractivity (Wildman–Crippen MR) is 84.9 cm³/mol. The van der Waals surface area contributed by atoms with Crippen molar-refractivity contribution < 1.29 is 9.59 Å². The average molecular weight is 316 g/mol. The summed E-state index contributed by atoms with van der Waals surface area (Å²) in [7, 11) is 0. The highest BCUT2D eigenvalue weighted by Crippen LogP contribution is 2.33. The van der Waals surface area contributed by atoms with Gasteiger partial charge in [0.2, 0.25) is 11.8 Å². The number of benzene rings is 1. The largest absolute Gasteiger partial charge is 0.353 e. The number of hydrogen-bond acceptors (Lipinski definition) is 5. The maximum Gasteiger partial charge on any atom is 0.239 e. The topological polar surface area (TPSA) is 65.5 Å². The fourth-order valence-corrected chi connectivity index (χ4v) is 3.85. The number of carbonyl (C=O) groups excluding carboxylic acids is 2. The first-order chi connectivity index (χ1) is 10.7. The minimum absolute atomic E-state index is 0.0158. The summed E-state index contributed by atoms with van der Waals surface area (Å²) in [6.07, 6.45) is 0. The lowest BCUT2D eigenvalue weighted by Crippen LogP contribution is -2.58. The Morgan fingerprint density at radius 2 is 2.14 bits per heavy atom. The molecule has 2 amide bonds. The van der Waals surface area contributed by atoms with E-state index in [-0.39, 0.29) is 24.3 Å². The molecule has 2 aromatic rings. The molecule has 0 saturated carbocycles. The van der Waals surface area contributed by atoms with Crippen molar-refractivity contribution in [3.8, 4) is 0 Å². The van der Waals surface area contributed by atoms with Crippen LogP contribution >= 0.6 is 11.3 Å². The molecule has 7 heteroatoms. The van der Waals surface area contributed by atoms with Gasteiger partial charge in [-0.3, -0.25) is 9.59 Å². The lowest BCUT2D eigenvalue weighted by Gasteiger charge is -2.41. The predicted octanol–water partition coefficient (Wildman–Crippen LogP) is 0.691. The molecule has 2 aliphatic rings. The van der Waals surface area contributed by atoms with Gasteiger partial charge in [-0.1, -0.05) is 23.5 Å². The normalized spacial score (nSPS) is 19.2. The number of hydrogen-bond donors (Lipinski definition) is 1. The monoisotopic (exact) mass is 316 g/mol. The van der Waals surface area contributed by atoms with Crippen LogP contribution in [0, 0.1) is 5.92 Å². The Labute approximate surface area is 131 Å². The number of carbonyl (C=O) groups is 2. The van der Waals surface area contributed by atoms with Crippen molar-refractivity contribution in [1.82, 2.24) is 15.2 Å². The summed E-state index contributed by atoms with van der Waals surface area (Å²) in [5, 5.41) is 3.71. The minimum Gasteiger partial charge on any atom is -0.353 e. The summed E-state index contributed by atoms with van der Waals surface area (Å²) in [6.45, 7) is 2.74. The van der Waals surface area contributed by atoms with Crippen LogP contribution in [-0.4, -0.2) is 54.4 Å².